The zero-order valence-electron chi connectivity index (χ0n) is 19.5. The van der Waals surface area contributed by atoms with E-state index in [1.54, 1.807) is 16.2 Å². The molecule has 0 atom stereocenters. The lowest BCUT2D eigenvalue weighted by Crippen LogP contribution is -2.38. The average molecular weight is 466 g/mol. The van der Waals surface area contributed by atoms with Gasteiger partial charge in [-0.25, -0.2) is 4.79 Å². The fourth-order valence-electron chi connectivity index (χ4n) is 4.72. The number of ether oxygens (including phenoxy) is 2. The summed E-state index contributed by atoms with van der Waals surface area (Å²) in [5.74, 6) is -0.117. The van der Waals surface area contributed by atoms with Crippen LogP contribution in [-0.2, 0) is 27.9 Å². The Bertz CT molecular complexity index is 1220. The maximum Gasteiger partial charge on any atom is 0.328 e. The molecule has 5 rings (SSSR count). The van der Waals surface area contributed by atoms with Crippen molar-refractivity contribution < 1.29 is 14.3 Å². The van der Waals surface area contributed by atoms with Crippen molar-refractivity contribution in [2.24, 2.45) is 7.05 Å². The minimum atomic E-state index is -0.117. The summed E-state index contributed by atoms with van der Waals surface area (Å²) in [5.41, 5.74) is 4.51. The van der Waals surface area contributed by atoms with Gasteiger partial charge in [0, 0.05) is 51.9 Å². The second-order valence-electron chi connectivity index (χ2n) is 8.68. The molecule has 1 amide bonds. The molecule has 3 aromatic rings. The first-order chi connectivity index (χ1) is 16.6. The zero-order valence-corrected chi connectivity index (χ0v) is 19.5. The summed E-state index contributed by atoms with van der Waals surface area (Å²) in [4.78, 5) is 30.2. The number of carbonyl (C=O) groups excluding carboxylic acids is 1. The Balaban J connectivity index is 1.34. The van der Waals surface area contributed by atoms with Crippen molar-refractivity contribution in [2.75, 3.05) is 67.7 Å². The van der Waals surface area contributed by atoms with E-state index >= 15 is 0 Å². The number of benzene rings is 2. The molecule has 180 valence electrons. The molecule has 3 heterocycles. The number of rotatable bonds is 6. The van der Waals surface area contributed by atoms with Crippen LogP contribution in [0, 0.1) is 0 Å². The highest BCUT2D eigenvalue weighted by Crippen LogP contribution is 2.32. The number of nitrogens with one attached hydrogen (secondary N) is 1. The summed E-state index contributed by atoms with van der Waals surface area (Å²) in [5, 5.41) is 3.10. The molecule has 1 N–H and O–H groups in total. The zero-order chi connectivity index (χ0) is 23.5. The Morgan fingerprint density at radius 1 is 0.912 bits per heavy atom. The minimum Gasteiger partial charge on any atom is -0.378 e. The van der Waals surface area contributed by atoms with E-state index in [-0.39, 0.29) is 18.0 Å². The number of imidazole rings is 1. The second kappa shape index (κ2) is 9.90. The van der Waals surface area contributed by atoms with Crippen molar-refractivity contribution in [1.82, 2.24) is 9.13 Å². The van der Waals surface area contributed by atoms with E-state index in [2.05, 4.69) is 27.2 Å². The third kappa shape index (κ3) is 4.53. The number of fused-ring (bicyclic) bond motifs is 1. The van der Waals surface area contributed by atoms with Crippen LogP contribution in [0.1, 0.15) is 6.42 Å². The quantitative estimate of drug-likeness (QED) is 0.600. The van der Waals surface area contributed by atoms with Gasteiger partial charge in [0.1, 0.15) is 0 Å². The molecule has 0 bridgehead atoms. The SMILES string of the molecule is Cn1c(=O)n(CCC(=O)Nc2ccc(N3CCOCC3)cc2N2CCOCC2)c2ccccc21. The molecule has 2 aliphatic heterocycles. The summed E-state index contributed by atoms with van der Waals surface area (Å²) in [6.45, 7) is 6.37. The van der Waals surface area contributed by atoms with Crippen LogP contribution in [-0.4, -0.2) is 67.6 Å². The lowest BCUT2D eigenvalue weighted by atomic mass is 10.1. The van der Waals surface area contributed by atoms with Crippen LogP contribution in [0.4, 0.5) is 17.1 Å². The van der Waals surface area contributed by atoms with Crippen LogP contribution in [0.5, 0.6) is 0 Å². The number of anilines is 3. The maximum atomic E-state index is 13.0. The third-order valence-electron chi connectivity index (χ3n) is 6.60. The number of aromatic nitrogens is 2. The van der Waals surface area contributed by atoms with Crippen LogP contribution in [0.15, 0.2) is 47.3 Å². The van der Waals surface area contributed by atoms with Gasteiger partial charge < -0.3 is 24.6 Å². The van der Waals surface area contributed by atoms with Crippen molar-refractivity contribution in [2.45, 2.75) is 13.0 Å². The van der Waals surface area contributed by atoms with Crippen molar-refractivity contribution >= 4 is 34.0 Å². The molecule has 9 nitrogen and oxygen atoms in total. The molecule has 0 spiro atoms. The number of para-hydroxylation sites is 2. The molecule has 1 aromatic heterocycles. The molecule has 34 heavy (non-hydrogen) atoms. The summed E-state index contributed by atoms with van der Waals surface area (Å²) in [6.07, 6.45) is 0.210. The van der Waals surface area contributed by atoms with Crippen LogP contribution in [0.3, 0.4) is 0 Å². The van der Waals surface area contributed by atoms with Crippen molar-refractivity contribution in [3.63, 3.8) is 0 Å². The van der Waals surface area contributed by atoms with Gasteiger partial charge in [0.25, 0.3) is 0 Å². The van der Waals surface area contributed by atoms with Crippen molar-refractivity contribution in [3.8, 4) is 0 Å². The van der Waals surface area contributed by atoms with E-state index in [0.717, 1.165) is 67.5 Å². The Hall–Kier alpha value is -3.30. The van der Waals surface area contributed by atoms with E-state index < -0.39 is 0 Å². The normalized spacial score (nSPS) is 16.7. The van der Waals surface area contributed by atoms with Gasteiger partial charge in [0.2, 0.25) is 5.91 Å². The van der Waals surface area contributed by atoms with Crippen molar-refractivity contribution in [3.05, 3.63) is 52.9 Å². The molecule has 0 unspecified atom stereocenters. The molecule has 2 saturated heterocycles. The number of amides is 1. The standard InChI is InChI=1S/C25H31N5O4/c1-27-21-4-2-3-5-22(21)30(25(27)32)9-8-24(31)26-20-7-6-19(28-10-14-33-15-11-28)18-23(20)29-12-16-34-17-13-29/h2-7,18H,8-17H2,1H3,(H,26,31). The largest absolute Gasteiger partial charge is 0.378 e. The number of carbonyl (C=O) groups is 1. The molecule has 0 saturated carbocycles. The number of hydrogen-bond donors (Lipinski definition) is 1. The summed E-state index contributed by atoms with van der Waals surface area (Å²) in [6, 6.07) is 13.8. The Morgan fingerprint density at radius 3 is 2.26 bits per heavy atom. The molecule has 2 fully saturated rings. The van der Waals surface area contributed by atoms with E-state index in [0.29, 0.717) is 19.8 Å². The highest BCUT2D eigenvalue weighted by atomic mass is 16.5. The highest BCUT2D eigenvalue weighted by molar-refractivity contribution is 5.95. The van der Waals surface area contributed by atoms with Crippen LogP contribution in [0.2, 0.25) is 0 Å². The Labute approximate surface area is 198 Å². The fourth-order valence-corrected chi connectivity index (χ4v) is 4.72. The van der Waals surface area contributed by atoms with Gasteiger partial charge in [-0.3, -0.25) is 13.9 Å². The predicted molar refractivity (Wildman–Crippen MR) is 133 cm³/mol. The third-order valence-corrected chi connectivity index (χ3v) is 6.60. The van der Waals surface area contributed by atoms with E-state index in [9.17, 15) is 9.59 Å². The summed E-state index contributed by atoms with van der Waals surface area (Å²) >= 11 is 0. The Kier molecular flexibility index (Phi) is 6.55. The number of aryl methyl sites for hydroxylation is 2. The van der Waals surface area contributed by atoms with Crippen LogP contribution >= 0.6 is 0 Å². The van der Waals surface area contributed by atoms with Gasteiger partial charge >= 0.3 is 5.69 Å². The van der Waals surface area contributed by atoms with Gasteiger partial charge in [-0.2, -0.15) is 0 Å². The number of morpholine rings is 2. The molecular weight excluding hydrogens is 434 g/mol. The lowest BCUT2D eigenvalue weighted by molar-refractivity contribution is -0.116. The van der Waals surface area contributed by atoms with Gasteiger partial charge in [0.15, 0.2) is 0 Å². The van der Waals surface area contributed by atoms with Crippen LogP contribution < -0.4 is 20.8 Å². The van der Waals surface area contributed by atoms with E-state index in [1.807, 2.05) is 30.3 Å². The fraction of sp³-hybridized carbons (Fsp3) is 0.440. The topological polar surface area (TPSA) is 81.0 Å². The molecule has 9 heteroatoms. The second-order valence-corrected chi connectivity index (χ2v) is 8.68. The first kappa shape index (κ1) is 22.5. The lowest BCUT2D eigenvalue weighted by Gasteiger charge is -2.33. The molecular formula is C25H31N5O4. The van der Waals surface area contributed by atoms with Gasteiger partial charge in [-0.05, 0) is 30.3 Å². The molecule has 2 aliphatic rings. The van der Waals surface area contributed by atoms with Crippen molar-refractivity contribution in [1.29, 1.82) is 0 Å². The highest BCUT2D eigenvalue weighted by Gasteiger charge is 2.20. The maximum absolute atomic E-state index is 13.0. The average Bonchev–Trinajstić information content (AvgIpc) is 3.13. The first-order valence-electron chi connectivity index (χ1n) is 11.9. The molecule has 0 aliphatic carbocycles. The van der Waals surface area contributed by atoms with Gasteiger partial charge in [-0.15, -0.1) is 0 Å². The summed E-state index contributed by atoms with van der Waals surface area (Å²) in [7, 11) is 1.76. The van der Waals surface area contributed by atoms with E-state index in [4.69, 9.17) is 9.47 Å². The molecule has 2 aromatic carbocycles. The number of nitrogens with zero attached hydrogens (tertiary/aromatic N) is 4. The monoisotopic (exact) mass is 465 g/mol. The van der Waals surface area contributed by atoms with Gasteiger partial charge in [-0.1, -0.05) is 12.1 Å². The smallest absolute Gasteiger partial charge is 0.328 e. The summed E-state index contributed by atoms with van der Waals surface area (Å²) < 4.78 is 14.3. The van der Waals surface area contributed by atoms with Gasteiger partial charge in [0.05, 0.1) is 48.8 Å². The first-order valence-corrected chi connectivity index (χ1v) is 11.9. The number of hydrogen-bond acceptors (Lipinski definition) is 6. The van der Waals surface area contributed by atoms with Crippen LogP contribution in [0.25, 0.3) is 11.0 Å². The van der Waals surface area contributed by atoms with E-state index in [1.165, 1.54) is 0 Å². The predicted octanol–water partition coefficient (Wildman–Crippen LogP) is 2.04. The Morgan fingerprint density at radius 2 is 1.56 bits per heavy atom. The molecule has 0 radical (unpaired) electrons. The minimum absolute atomic E-state index is 0.113.